The highest BCUT2D eigenvalue weighted by Crippen LogP contribution is 2.22. The maximum absolute atomic E-state index is 12.4. The first-order chi connectivity index (χ1) is 12.6. The van der Waals surface area contributed by atoms with Gasteiger partial charge in [-0.15, -0.1) is 0 Å². The Morgan fingerprint density at radius 3 is 2.38 bits per heavy atom. The van der Waals surface area contributed by atoms with Gasteiger partial charge in [0.2, 0.25) is 11.8 Å². The molecule has 0 aliphatic carbocycles. The molecule has 0 spiro atoms. The van der Waals surface area contributed by atoms with Gasteiger partial charge < -0.3 is 10.2 Å². The molecule has 0 bridgehead atoms. The average Bonchev–Trinajstić information content (AvgIpc) is 3.07. The van der Waals surface area contributed by atoms with Crippen molar-refractivity contribution in [2.24, 2.45) is 0 Å². The number of nitrogens with one attached hydrogen (secondary N) is 1. The summed E-state index contributed by atoms with van der Waals surface area (Å²) in [5.41, 5.74) is 4.22. The third kappa shape index (κ3) is 4.31. The average molecular weight is 350 g/mol. The van der Waals surface area contributed by atoms with E-state index in [1.165, 1.54) is 5.56 Å². The molecule has 1 saturated heterocycles. The van der Waals surface area contributed by atoms with Crippen molar-refractivity contribution < 1.29 is 9.59 Å². The van der Waals surface area contributed by atoms with Gasteiger partial charge in [0.25, 0.3) is 0 Å². The molecule has 136 valence electrons. The normalized spacial score (nSPS) is 15.2. The van der Waals surface area contributed by atoms with Crippen molar-refractivity contribution in [1.82, 2.24) is 5.32 Å². The molecule has 26 heavy (non-hydrogen) atoms. The fourth-order valence-electron chi connectivity index (χ4n) is 3.37. The third-order valence-electron chi connectivity index (χ3n) is 4.91. The summed E-state index contributed by atoms with van der Waals surface area (Å²) in [7, 11) is 0. The van der Waals surface area contributed by atoms with E-state index in [4.69, 9.17) is 0 Å². The lowest BCUT2D eigenvalue weighted by atomic mass is 10.0. The zero-order valence-corrected chi connectivity index (χ0v) is 15.5. The molecule has 0 radical (unpaired) electrons. The second kappa shape index (κ2) is 8.17. The molecular formula is C22H26N2O2. The van der Waals surface area contributed by atoms with Gasteiger partial charge in [0, 0.05) is 18.7 Å². The Bertz CT molecular complexity index is 766. The molecule has 1 atom stereocenters. The van der Waals surface area contributed by atoms with Gasteiger partial charge in [-0.1, -0.05) is 48.9 Å². The molecule has 4 heteroatoms. The molecule has 2 aromatic rings. The number of carbonyl (C=O) groups is 2. The maximum Gasteiger partial charge on any atom is 0.227 e. The van der Waals surface area contributed by atoms with Gasteiger partial charge in [0.1, 0.15) is 0 Å². The van der Waals surface area contributed by atoms with E-state index in [-0.39, 0.29) is 17.9 Å². The van der Waals surface area contributed by atoms with Gasteiger partial charge in [0.05, 0.1) is 12.5 Å². The summed E-state index contributed by atoms with van der Waals surface area (Å²) in [4.78, 5) is 26.1. The first kappa shape index (κ1) is 18.2. The van der Waals surface area contributed by atoms with Crippen molar-refractivity contribution >= 4 is 17.5 Å². The van der Waals surface area contributed by atoms with Crippen LogP contribution in [0.5, 0.6) is 0 Å². The zero-order valence-electron chi connectivity index (χ0n) is 15.5. The number of carbonyl (C=O) groups excluding carboxylic acids is 2. The highest BCUT2D eigenvalue weighted by Gasteiger charge is 2.21. The second-order valence-corrected chi connectivity index (χ2v) is 6.93. The lowest BCUT2D eigenvalue weighted by Gasteiger charge is -2.18. The minimum absolute atomic E-state index is 0.0161. The molecular weight excluding hydrogens is 324 g/mol. The smallest absolute Gasteiger partial charge is 0.227 e. The van der Waals surface area contributed by atoms with Crippen LogP contribution < -0.4 is 10.2 Å². The summed E-state index contributed by atoms with van der Waals surface area (Å²) in [6.45, 7) is 4.92. The van der Waals surface area contributed by atoms with E-state index in [0.717, 1.165) is 36.2 Å². The van der Waals surface area contributed by atoms with Gasteiger partial charge in [-0.3, -0.25) is 9.59 Å². The van der Waals surface area contributed by atoms with Gasteiger partial charge in [-0.2, -0.15) is 0 Å². The van der Waals surface area contributed by atoms with Gasteiger partial charge >= 0.3 is 0 Å². The minimum Gasteiger partial charge on any atom is -0.349 e. The van der Waals surface area contributed by atoms with Crippen LogP contribution in [0.25, 0.3) is 0 Å². The molecule has 4 nitrogen and oxygen atoms in total. The van der Waals surface area contributed by atoms with E-state index >= 15 is 0 Å². The molecule has 1 aliphatic rings. The number of benzene rings is 2. The van der Waals surface area contributed by atoms with Crippen molar-refractivity contribution in [2.45, 2.75) is 45.6 Å². The van der Waals surface area contributed by atoms with E-state index < -0.39 is 0 Å². The van der Waals surface area contributed by atoms with Crippen molar-refractivity contribution in [2.75, 3.05) is 11.4 Å². The summed E-state index contributed by atoms with van der Waals surface area (Å²) in [6, 6.07) is 16.1. The predicted molar refractivity (Wildman–Crippen MR) is 104 cm³/mol. The minimum atomic E-state index is 0.0161. The Labute approximate surface area is 155 Å². The monoisotopic (exact) mass is 350 g/mol. The second-order valence-electron chi connectivity index (χ2n) is 6.93. The van der Waals surface area contributed by atoms with Crippen molar-refractivity contribution in [1.29, 1.82) is 0 Å². The van der Waals surface area contributed by atoms with Crippen LogP contribution >= 0.6 is 0 Å². The summed E-state index contributed by atoms with van der Waals surface area (Å²) in [5, 5.41) is 3.12. The van der Waals surface area contributed by atoms with Crippen LogP contribution in [0.4, 0.5) is 5.69 Å². The molecule has 1 heterocycles. The van der Waals surface area contributed by atoms with Crippen LogP contribution in [-0.4, -0.2) is 18.4 Å². The highest BCUT2D eigenvalue weighted by atomic mass is 16.2. The van der Waals surface area contributed by atoms with E-state index in [2.05, 4.69) is 43.4 Å². The topological polar surface area (TPSA) is 49.4 Å². The maximum atomic E-state index is 12.4. The Morgan fingerprint density at radius 2 is 1.81 bits per heavy atom. The first-order valence-corrected chi connectivity index (χ1v) is 9.32. The van der Waals surface area contributed by atoms with Crippen LogP contribution in [0.3, 0.4) is 0 Å². The Hall–Kier alpha value is -2.62. The molecule has 0 saturated carbocycles. The van der Waals surface area contributed by atoms with Crippen LogP contribution in [0, 0.1) is 6.92 Å². The molecule has 2 aromatic carbocycles. The summed E-state index contributed by atoms with van der Waals surface area (Å²) >= 11 is 0. The Balaban J connectivity index is 1.60. The van der Waals surface area contributed by atoms with Crippen molar-refractivity contribution in [3.8, 4) is 0 Å². The van der Waals surface area contributed by atoms with Crippen molar-refractivity contribution in [3.05, 3.63) is 65.2 Å². The SMILES string of the molecule is CC[C@H](NC(=O)Cc1ccc(N2CCCC2=O)cc1)c1ccc(C)cc1. The van der Waals surface area contributed by atoms with Gasteiger partial charge in [-0.25, -0.2) is 0 Å². The molecule has 0 aromatic heterocycles. The van der Waals surface area contributed by atoms with Crippen molar-refractivity contribution in [3.63, 3.8) is 0 Å². The van der Waals surface area contributed by atoms with Crippen LogP contribution in [0.1, 0.15) is 48.9 Å². The Morgan fingerprint density at radius 1 is 1.12 bits per heavy atom. The summed E-state index contributed by atoms with van der Waals surface area (Å²) in [6.07, 6.45) is 2.74. The van der Waals surface area contributed by atoms with Gasteiger partial charge in [0.15, 0.2) is 0 Å². The number of anilines is 1. The summed E-state index contributed by atoms with van der Waals surface area (Å²) in [5.74, 6) is 0.196. The number of aryl methyl sites for hydroxylation is 1. The highest BCUT2D eigenvalue weighted by molar-refractivity contribution is 5.95. The molecule has 3 rings (SSSR count). The lowest BCUT2D eigenvalue weighted by molar-refractivity contribution is -0.121. The predicted octanol–water partition coefficient (Wildman–Crippen LogP) is 3.93. The van der Waals surface area contributed by atoms with E-state index in [1.54, 1.807) is 0 Å². The largest absolute Gasteiger partial charge is 0.349 e. The van der Waals surface area contributed by atoms with Crippen LogP contribution in [0.15, 0.2) is 48.5 Å². The molecule has 2 amide bonds. The van der Waals surface area contributed by atoms with Crippen LogP contribution in [-0.2, 0) is 16.0 Å². The quantitative estimate of drug-likeness (QED) is 0.858. The van der Waals surface area contributed by atoms with Crippen LogP contribution in [0.2, 0.25) is 0 Å². The third-order valence-corrected chi connectivity index (χ3v) is 4.91. The molecule has 0 unspecified atom stereocenters. The fourth-order valence-corrected chi connectivity index (χ4v) is 3.37. The number of nitrogens with zero attached hydrogens (tertiary/aromatic N) is 1. The number of hydrogen-bond acceptors (Lipinski definition) is 2. The summed E-state index contributed by atoms with van der Waals surface area (Å²) < 4.78 is 0. The zero-order chi connectivity index (χ0) is 18.5. The number of amides is 2. The molecule has 1 fully saturated rings. The van der Waals surface area contributed by atoms with E-state index in [0.29, 0.717) is 12.8 Å². The van der Waals surface area contributed by atoms with E-state index in [9.17, 15) is 9.59 Å². The molecule has 1 aliphatic heterocycles. The standard InChI is InChI=1S/C22H26N2O2/c1-3-20(18-10-6-16(2)7-11-18)23-21(25)15-17-8-12-19(13-9-17)24-14-4-5-22(24)26/h6-13,20H,3-5,14-15H2,1-2H3,(H,23,25)/t20-/m0/s1. The number of hydrogen-bond donors (Lipinski definition) is 1. The van der Waals surface area contributed by atoms with Gasteiger partial charge in [-0.05, 0) is 43.0 Å². The molecule has 1 N–H and O–H groups in total. The van der Waals surface area contributed by atoms with E-state index in [1.807, 2.05) is 29.2 Å². The fraction of sp³-hybridized carbons (Fsp3) is 0.364. The Kier molecular flexibility index (Phi) is 5.71. The number of rotatable bonds is 6. The first-order valence-electron chi connectivity index (χ1n) is 9.32. The lowest BCUT2D eigenvalue weighted by Crippen LogP contribution is -2.29.